The molecule has 2 aromatic heterocycles. The fourth-order valence-electron chi connectivity index (χ4n) is 3.05. The second-order valence-electron chi connectivity index (χ2n) is 5.71. The summed E-state index contributed by atoms with van der Waals surface area (Å²) in [6.07, 6.45) is 8.67. The minimum Gasteiger partial charge on any atom is -0.372 e. The smallest absolute Gasteiger partial charge is 0.272 e. The SMILES string of the molecule is C=CCO[C@H]1CCN(C(=O)c2ccn[nH]2)[C@H]1Cc1cnn(C)c1. The van der Waals surface area contributed by atoms with E-state index < -0.39 is 0 Å². The van der Waals surface area contributed by atoms with Gasteiger partial charge in [0.15, 0.2) is 0 Å². The van der Waals surface area contributed by atoms with Gasteiger partial charge in [0.2, 0.25) is 0 Å². The minimum atomic E-state index is -0.0407. The first-order valence-electron chi connectivity index (χ1n) is 7.69. The third-order valence-corrected chi connectivity index (χ3v) is 4.11. The lowest BCUT2D eigenvalue weighted by Crippen LogP contribution is -2.42. The van der Waals surface area contributed by atoms with Crippen molar-refractivity contribution in [3.05, 3.63) is 48.6 Å². The zero-order chi connectivity index (χ0) is 16.2. The van der Waals surface area contributed by atoms with Gasteiger partial charge in [-0.25, -0.2) is 0 Å². The molecule has 23 heavy (non-hydrogen) atoms. The van der Waals surface area contributed by atoms with Crippen molar-refractivity contribution in [3.63, 3.8) is 0 Å². The van der Waals surface area contributed by atoms with Crippen molar-refractivity contribution in [3.8, 4) is 0 Å². The summed E-state index contributed by atoms with van der Waals surface area (Å²) in [6, 6.07) is 1.68. The van der Waals surface area contributed by atoms with Gasteiger partial charge in [-0.2, -0.15) is 10.2 Å². The van der Waals surface area contributed by atoms with Crippen molar-refractivity contribution in [1.29, 1.82) is 0 Å². The van der Waals surface area contributed by atoms with E-state index in [-0.39, 0.29) is 18.1 Å². The van der Waals surface area contributed by atoms with E-state index in [1.807, 2.05) is 24.3 Å². The first-order valence-corrected chi connectivity index (χ1v) is 7.69. The van der Waals surface area contributed by atoms with Crippen LogP contribution in [0.3, 0.4) is 0 Å². The number of ether oxygens (including phenoxy) is 1. The summed E-state index contributed by atoms with van der Waals surface area (Å²) in [5, 5.41) is 10.8. The summed E-state index contributed by atoms with van der Waals surface area (Å²) in [5.41, 5.74) is 1.60. The maximum Gasteiger partial charge on any atom is 0.272 e. The average Bonchev–Trinajstić information content (AvgIpc) is 3.27. The van der Waals surface area contributed by atoms with Crippen LogP contribution in [0.4, 0.5) is 0 Å². The Balaban J connectivity index is 1.79. The van der Waals surface area contributed by atoms with Crippen molar-refractivity contribution in [2.75, 3.05) is 13.2 Å². The third-order valence-electron chi connectivity index (χ3n) is 4.11. The van der Waals surface area contributed by atoms with Crippen LogP contribution >= 0.6 is 0 Å². The summed E-state index contributed by atoms with van der Waals surface area (Å²) >= 11 is 0. The summed E-state index contributed by atoms with van der Waals surface area (Å²) in [5.74, 6) is -0.0407. The van der Waals surface area contributed by atoms with Crippen molar-refractivity contribution < 1.29 is 9.53 Å². The zero-order valence-corrected chi connectivity index (χ0v) is 13.2. The van der Waals surface area contributed by atoms with E-state index in [0.717, 1.165) is 18.4 Å². The summed E-state index contributed by atoms with van der Waals surface area (Å²) in [7, 11) is 1.89. The summed E-state index contributed by atoms with van der Waals surface area (Å²) < 4.78 is 7.65. The highest BCUT2D eigenvalue weighted by Crippen LogP contribution is 2.26. The molecule has 7 nitrogen and oxygen atoms in total. The van der Waals surface area contributed by atoms with Gasteiger partial charge < -0.3 is 9.64 Å². The van der Waals surface area contributed by atoms with E-state index in [1.165, 1.54) is 0 Å². The van der Waals surface area contributed by atoms with Gasteiger partial charge >= 0.3 is 0 Å². The molecule has 1 saturated heterocycles. The van der Waals surface area contributed by atoms with Gasteiger partial charge in [-0.1, -0.05) is 6.08 Å². The summed E-state index contributed by atoms with van der Waals surface area (Å²) in [6.45, 7) is 4.85. The molecule has 1 aliphatic heterocycles. The lowest BCUT2D eigenvalue weighted by Gasteiger charge is -2.27. The number of nitrogens with one attached hydrogen (secondary N) is 1. The Kier molecular flexibility index (Phi) is 4.57. The molecule has 3 heterocycles. The lowest BCUT2D eigenvalue weighted by molar-refractivity contribution is 0.0377. The molecule has 2 aromatic rings. The van der Waals surface area contributed by atoms with Crippen LogP contribution in [0.1, 0.15) is 22.5 Å². The monoisotopic (exact) mass is 315 g/mol. The van der Waals surface area contributed by atoms with E-state index >= 15 is 0 Å². The molecule has 0 bridgehead atoms. The molecule has 1 N–H and O–H groups in total. The van der Waals surface area contributed by atoms with Crippen molar-refractivity contribution in [1.82, 2.24) is 24.9 Å². The van der Waals surface area contributed by atoms with Gasteiger partial charge in [-0.05, 0) is 24.5 Å². The fraction of sp³-hybridized carbons (Fsp3) is 0.438. The molecule has 1 fully saturated rings. The molecule has 0 unspecified atom stereocenters. The lowest BCUT2D eigenvalue weighted by atomic mass is 10.0. The standard InChI is InChI=1S/C16H21N5O2/c1-3-8-23-15-5-7-21(16(22)13-4-6-17-19-13)14(15)9-12-10-18-20(2)11-12/h3-4,6,10-11,14-15H,1,5,7-9H2,2H3,(H,17,19)/t14-,15-/m0/s1. The van der Waals surface area contributed by atoms with E-state index in [4.69, 9.17) is 4.74 Å². The number of aryl methyl sites for hydroxylation is 1. The molecular formula is C16H21N5O2. The molecule has 0 radical (unpaired) electrons. The molecule has 0 aromatic carbocycles. The summed E-state index contributed by atoms with van der Waals surface area (Å²) in [4.78, 5) is 14.6. The molecule has 1 amide bonds. The molecule has 0 saturated carbocycles. The molecule has 122 valence electrons. The fourth-order valence-corrected chi connectivity index (χ4v) is 3.05. The largest absolute Gasteiger partial charge is 0.372 e. The molecule has 0 spiro atoms. The van der Waals surface area contributed by atoms with Crippen LogP contribution in [0.2, 0.25) is 0 Å². The van der Waals surface area contributed by atoms with Crippen LogP contribution in [0.5, 0.6) is 0 Å². The van der Waals surface area contributed by atoms with Gasteiger partial charge in [0.1, 0.15) is 5.69 Å². The average molecular weight is 315 g/mol. The first-order chi connectivity index (χ1) is 11.2. The topological polar surface area (TPSA) is 76.0 Å². The Morgan fingerprint density at radius 2 is 2.48 bits per heavy atom. The van der Waals surface area contributed by atoms with Gasteiger partial charge in [0.25, 0.3) is 5.91 Å². The number of likely N-dealkylation sites (tertiary alicyclic amines) is 1. The quantitative estimate of drug-likeness (QED) is 0.812. The Morgan fingerprint density at radius 3 is 3.13 bits per heavy atom. The number of aromatic amines is 1. The van der Waals surface area contributed by atoms with Gasteiger partial charge in [0, 0.05) is 26.0 Å². The maximum atomic E-state index is 12.7. The highest BCUT2D eigenvalue weighted by atomic mass is 16.5. The van der Waals surface area contributed by atoms with Gasteiger partial charge in [-0.3, -0.25) is 14.6 Å². The number of rotatable bonds is 6. The Labute approximate surface area is 134 Å². The Bertz CT molecular complexity index is 664. The van der Waals surface area contributed by atoms with Crippen LogP contribution in [-0.4, -0.2) is 56.1 Å². The van der Waals surface area contributed by atoms with E-state index in [0.29, 0.717) is 18.8 Å². The number of hydrogen-bond donors (Lipinski definition) is 1. The third kappa shape index (κ3) is 3.34. The van der Waals surface area contributed by atoms with Gasteiger partial charge in [0.05, 0.1) is 24.9 Å². The molecule has 3 rings (SSSR count). The molecule has 0 aliphatic carbocycles. The van der Waals surface area contributed by atoms with Crippen molar-refractivity contribution in [2.45, 2.75) is 25.0 Å². The molecule has 1 aliphatic rings. The Hall–Kier alpha value is -2.41. The predicted molar refractivity (Wildman–Crippen MR) is 84.9 cm³/mol. The first kappa shape index (κ1) is 15.5. The minimum absolute atomic E-state index is 0.0000718. The predicted octanol–water partition coefficient (Wildman–Crippen LogP) is 1.17. The van der Waals surface area contributed by atoms with Crippen LogP contribution in [0.25, 0.3) is 0 Å². The zero-order valence-electron chi connectivity index (χ0n) is 13.2. The van der Waals surface area contributed by atoms with Crippen molar-refractivity contribution >= 4 is 5.91 Å². The molecule has 2 atom stereocenters. The van der Waals surface area contributed by atoms with Crippen LogP contribution in [0.15, 0.2) is 37.3 Å². The highest BCUT2D eigenvalue weighted by molar-refractivity contribution is 5.92. The number of nitrogens with zero attached hydrogens (tertiary/aromatic N) is 4. The molecule has 7 heteroatoms. The van der Waals surface area contributed by atoms with Crippen LogP contribution < -0.4 is 0 Å². The highest BCUT2D eigenvalue weighted by Gasteiger charge is 2.38. The number of aromatic nitrogens is 4. The van der Waals surface area contributed by atoms with E-state index in [1.54, 1.807) is 23.0 Å². The van der Waals surface area contributed by atoms with E-state index in [2.05, 4.69) is 21.9 Å². The normalized spacial score (nSPS) is 20.8. The second-order valence-corrected chi connectivity index (χ2v) is 5.71. The molecular weight excluding hydrogens is 294 g/mol. The number of amides is 1. The van der Waals surface area contributed by atoms with Crippen molar-refractivity contribution in [2.24, 2.45) is 7.05 Å². The second kappa shape index (κ2) is 6.78. The number of carbonyl (C=O) groups excluding carboxylic acids is 1. The van der Waals surface area contributed by atoms with Crippen LogP contribution in [-0.2, 0) is 18.2 Å². The number of hydrogen-bond acceptors (Lipinski definition) is 4. The van der Waals surface area contributed by atoms with Crippen LogP contribution in [0, 0.1) is 0 Å². The Morgan fingerprint density at radius 1 is 1.61 bits per heavy atom. The maximum absolute atomic E-state index is 12.7. The number of H-pyrrole nitrogens is 1. The van der Waals surface area contributed by atoms with E-state index in [9.17, 15) is 4.79 Å². The number of carbonyl (C=O) groups is 1. The van der Waals surface area contributed by atoms with Gasteiger partial charge in [-0.15, -0.1) is 6.58 Å².